The van der Waals surface area contributed by atoms with Crippen molar-refractivity contribution in [3.8, 4) is 0 Å². The van der Waals surface area contributed by atoms with E-state index >= 15 is 0 Å². The lowest BCUT2D eigenvalue weighted by atomic mass is 10.4. The molecule has 0 aromatic heterocycles. The van der Waals surface area contributed by atoms with E-state index in [1.807, 2.05) is 13.8 Å². The number of ether oxygens (including phenoxy) is 1. The minimum absolute atomic E-state index is 0.131. The molecule has 14 heavy (non-hydrogen) atoms. The van der Waals surface area contributed by atoms with Gasteiger partial charge in [0.1, 0.15) is 0 Å². The monoisotopic (exact) mass is 202 g/mol. The lowest BCUT2D eigenvalue weighted by Gasteiger charge is -2.11. The second kappa shape index (κ2) is 8.77. The van der Waals surface area contributed by atoms with Crippen molar-refractivity contribution in [3.05, 3.63) is 0 Å². The summed E-state index contributed by atoms with van der Waals surface area (Å²) in [7, 11) is 0. The molecule has 0 spiro atoms. The van der Waals surface area contributed by atoms with Crippen LogP contribution in [0.2, 0.25) is 0 Å². The Labute approximate surface area is 86.1 Å². The molecule has 1 unspecified atom stereocenters. The summed E-state index contributed by atoms with van der Waals surface area (Å²) >= 11 is 0. The number of guanidine groups is 1. The fourth-order valence-electron chi connectivity index (χ4n) is 0.953. The number of nitrogens with two attached hydrogens (primary N) is 1. The summed E-state index contributed by atoms with van der Waals surface area (Å²) in [5.41, 5.74) is 2.52. The Kier molecular flexibility index (Phi) is 8.27. The van der Waals surface area contributed by atoms with E-state index in [4.69, 9.17) is 10.6 Å². The molecule has 0 aromatic rings. The summed E-state index contributed by atoms with van der Waals surface area (Å²) in [4.78, 5) is 4.24. The molecule has 0 radical (unpaired) electrons. The molecule has 0 saturated heterocycles. The summed E-state index contributed by atoms with van der Waals surface area (Å²) in [5.74, 6) is 5.91. The van der Waals surface area contributed by atoms with Crippen LogP contribution in [-0.4, -0.2) is 31.8 Å². The van der Waals surface area contributed by atoms with Crippen molar-refractivity contribution in [1.82, 2.24) is 10.7 Å². The third kappa shape index (κ3) is 6.68. The van der Waals surface area contributed by atoms with Gasteiger partial charge in [-0.05, 0) is 20.3 Å². The van der Waals surface area contributed by atoms with Gasteiger partial charge in [0.15, 0.2) is 0 Å². The molecule has 1 atom stereocenters. The zero-order valence-corrected chi connectivity index (χ0v) is 9.34. The number of nitrogens with zero attached hydrogens (tertiary/aromatic N) is 1. The van der Waals surface area contributed by atoms with Crippen molar-refractivity contribution < 1.29 is 4.74 Å². The highest BCUT2D eigenvalue weighted by atomic mass is 16.5. The van der Waals surface area contributed by atoms with Crippen molar-refractivity contribution in [2.75, 3.05) is 19.7 Å². The molecule has 0 aromatic carbocycles. The van der Waals surface area contributed by atoms with Crippen LogP contribution in [0.5, 0.6) is 0 Å². The first-order valence-corrected chi connectivity index (χ1v) is 5.11. The van der Waals surface area contributed by atoms with E-state index in [9.17, 15) is 0 Å². The van der Waals surface area contributed by atoms with Gasteiger partial charge in [-0.3, -0.25) is 5.43 Å². The van der Waals surface area contributed by atoms with E-state index in [0.717, 1.165) is 13.0 Å². The Morgan fingerprint density at radius 1 is 1.50 bits per heavy atom. The molecular weight excluding hydrogens is 180 g/mol. The number of nitrogens with one attached hydrogen (secondary N) is 2. The zero-order valence-electron chi connectivity index (χ0n) is 9.34. The quantitative estimate of drug-likeness (QED) is 0.249. The van der Waals surface area contributed by atoms with Gasteiger partial charge >= 0.3 is 0 Å². The predicted molar refractivity (Wildman–Crippen MR) is 59.0 cm³/mol. The molecule has 0 aliphatic heterocycles. The van der Waals surface area contributed by atoms with Gasteiger partial charge in [0.25, 0.3) is 0 Å². The van der Waals surface area contributed by atoms with Gasteiger partial charge < -0.3 is 10.1 Å². The van der Waals surface area contributed by atoms with E-state index in [-0.39, 0.29) is 6.10 Å². The summed E-state index contributed by atoms with van der Waals surface area (Å²) in [6, 6.07) is 0. The summed E-state index contributed by atoms with van der Waals surface area (Å²) in [6.07, 6.45) is 1.17. The average molecular weight is 202 g/mol. The predicted octanol–water partition coefficient (Wildman–Crippen LogP) is 0.230. The van der Waals surface area contributed by atoms with E-state index < -0.39 is 0 Å². The van der Waals surface area contributed by atoms with Crippen molar-refractivity contribution in [2.24, 2.45) is 10.8 Å². The Hall–Kier alpha value is -0.810. The third-order valence-corrected chi connectivity index (χ3v) is 1.64. The van der Waals surface area contributed by atoms with Crippen LogP contribution in [0.3, 0.4) is 0 Å². The lowest BCUT2D eigenvalue weighted by Crippen LogP contribution is -2.42. The maximum Gasteiger partial charge on any atom is 0.205 e. The smallest absolute Gasteiger partial charge is 0.205 e. The van der Waals surface area contributed by atoms with E-state index in [1.54, 1.807) is 0 Å². The first-order valence-electron chi connectivity index (χ1n) is 5.11. The molecule has 0 aliphatic rings. The summed E-state index contributed by atoms with van der Waals surface area (Å²) < 4.78 is 5.34. The highest BCUT2D eigenvalue weighted by Crippen LogP contribution is 1.90. The number of hydrogen-bond donors (Lipinski definition) is 3. The normalized spacial score (nSPS) is 13.9. The molecule has 0 saturated carbocycles. The van der Waals surface area contributed by atoms with Gasteiger partial charge in [-0.15, -0.1) is 0 Å². The van der Waals surface area contributed by atoms with Gasteiger partial charge in [0, 0.05) is 13.2 Å². The van der Waals surface area contributed by atoms with Crippen molar-refractivity contribution in [3.63, 3.8) is 0 Å². The fourth-order valence-corrected chi connectivity index (χ4v) is 0.953. The van der Waals surface area contributed by atoms with Crippen LogP contribution in [0.4, 0.5) is 0 Å². The largest absolute Gasteiger partial charge is 0.377 e. The molecule has 0 aliphatic carbocycles. The van der Waals surface area contributed by atoms with E-state index in [0.29, 0.717) is 19.1 Å². The average Bonchev–Trinajstić information content (AvgIpc) is 2.19. The Bertz CT molecular complexity index is 161. The number of hydrogen-bond acceptors (Lipinski definition) is 3. The first-order chi connectivity index (χ1) is 6.74. The SMILES string of the molecule is CCCNC(=NCC(C)OCC)NN. The fraction of sp³-hybridized carbons (Fsp3) is 0.889. The molecule has 5 heteroatoms. The van der Waals surface area contributed by atoms with Crippen LogP contribution in [0.15, 0.2) is 4.99 Å². The maximum absolute atomic E-state index is 5.34. The molecule has 0 amide bonds. The standard InChI is InChI=1S/C9H22N4O/c1-4-6-11-9(13-10)12-7-8(3)14-5-2/h8H,4-7,10H2,1-3H3,(H2,11,12,13). The first kappa shape index (κ1) is 13.2. The number of hydrazine groups is 1. The second-order valence-corrected chi connectivity index (χ2v) is 3.03. The van der Waals surface area contributed by atoms with Crippen molar-refractivity contribution in [2.45, 2.75) is 33.3 Å². The highest BCUT2D eigenvalue weighted by molar-refractivity contribution is 5.79. The van der Waals surface area contributed by atoms with Crippen LogP contribution >= 0.6 is 0 Å². The van der Waals surface area contributed by atoms with Crippen LogP contribution in [-0.2, 0) is 4.74 Å². The van der Waals surface area contributed by atoms with Gasteiger partial charge in [-0.2, -0.15) is 0 Å². The maximum atomic E-state index is 5.34. The van der Waals surface area contributed by atoms with Crippen LogP contribution in [0.1, 0.15) is 27.2 Å². The van der Waals surface area contributed by atoms with Crippen LogP contribution in [0.25, 0.3) is 0 Å². The highest BCUT2D eigenvalue weighted by Gasteiger charge is 2.00. The van der Waals surface area contributed by atoms with Crippen molar-refractivity contribution >= 4 is 5.96 Å². The minimum Gasteiger partial charge on any atom is -0.377 e. The Balaban J connectivity index is 3.78. The number of rotatable bonds is 6. The van der Waals surface area contributed by atoms with E-state index in [2.05, 4.69) is 22.7 Å². The minimum atomic E-state index is 0.131. The molecule has 0 bridgehead atoms. The zero-order chi connectivity index (χ0) is 10.8. The number of aliphatic imine (C=N–C) groups is 1. The molecular formula is C9H22N4O. The molecule has 5 nitrogen and oxygen atoms in total. The summed E-state index contributed by atoms with van der Waals surface area (Å²) in [5, 5.41) is 3.07. The van der Waals surface area contributed by atoms with Crippen LogP contribution in [0, 0.1) is 0 Å². The Morgan fingerprint density at radius 3 is 2.71 bits per heavy atom. The molecule has 0 heterocycles. The molecule has 84 valence electrons. The summed E-state index contributed by atoms with van der Waals surface area (Å²) in [6.45, 7) is 8.24. The van der Waals surface area contributed by atoms with Crippen LogP contribution < -0.4 is 16.6 Å². The molecule has 4 N–H and O–H groups in total. The molecule has 0 rings (SSSR count). The van der Waals surface area contributed by atoms with Crippen molar-refractivity contribution in [1.29, 1.82) is 0 Å². The van der Waals surface area contributed by atoms with E-state index in [1.165, 1.54) is 0 Å². The van der Waals surface area contributed by atoms with Gasteiger partial charge in [0.2, 0.25) is 5.96 Å². The van der Waals surface area contributed by atoms with Gasteiger partial charge in [0.05, 0.1) is 12.6 Å². The third-order valence-electron chi connectivity index (χ3n) is 1.64. The second-order valence-electron chi connectivity index (χ2n) is 3.03. The Morgan fingerprint density at radius 2 is 2.21 bits per heavy atom. The van der Waals surface area contributed by atoms with Gasteiger partial charge in [-0.1, -0.05) is 6.92 Å². The molecule has 0 fully saturated rings. The van der Waals surface area contributed by atoms with Gasteiger partial charge in [-0.25, -0.2) is 10.8 Å². The lowest BCUT2D eigenvalue weighted by molar-refractivity contribution is 0.0828. The topological polar surface area (TPSA) is 71.7 Å².